The Morgan fingerprint density at radius 2 is 2.06 bits per heavy atom. The van der Waals surface area contributed by atoms with E-state index in [1.807, 2.05) is 18.2 Å². The first kappa shape index (κ1) is 23.3. The molecule has 1 amide bonds. The van der Waals surface area contributed by atoms with Crippen LogP contribution in [0, 0.1) is 17.0 Å². The number of amides is 1. The fourth-order valence-electron chi connectivity index (χ4n) is 4.19. The van der Waals surface area contributed by atoms with Gasteiger partial charge in [-0.1, -0.05) is 11.3 Å². The van der Waals surface area contributed by atoms with Gasteiger partial charge in [0.25, 0.3) is 5.91 Å². The molecule has 1 N–H and O–H groups in total. The lowest BCUT2D eigenvalue weighted by Crippen LogP contribution is -2.38. The minimum Gasteiger partial charge on any atom is -0.493 e. The molecule has 1 atom stereocenters. The van der Waals surface area contributed by atoms with E-state index in [-0.39, 0.29) is 37.2 Å². The Hall–Kier alpha value is -3.89. The lowest BCUT2D eigenvalue weighted by molar-refractivity contribution is -0.148. The normalized spacial score (nSPS) is 17.7. The molecule has 2 aromatic heterocycles. The van der Waals surface area contributed by atoms with E-state index in [1.165, 1.54) is 12.0 Å². The number of carbonyl (C=O) groups excluding carboxylic acids is 1. The zero-order chi connectivity index (χ0) is 24.3. The number of pyridine rings is 1. The van der Waals surface area contributed by atoms with Gasteiger partial charge in [0, 0.05) is 56.6 Å². The summed E-state index contributed by atoms with van der Waals surface area (Å²) in [5.74, 6) is -4.08. The first-order valence-corrected chi connectivity index (χ1v) is 10.7. The molecule has 1 aliphatic heterocycles. The van der Waals surface area contributed by atoms with Gasteiger partial charge >= 0.3 is 5.97 Å². The van der Waals surface area contributed by atoms with Gasteiger partial charge < -0.3 is 14.7 Å². The third-order valence-corrected chi connectivity index (χ3v) is 5.97. The molecule has 1 aromatic carbocycles. The number of hydrogen-bond acceptors (Lipinski definition) is 6. The van der Waals surface area contributed by atoms with Crippen molar-refractivity contribution in [2.24, 2.45) is 5.41 Å². The average molecular weight is 471 g/mol. The van der Waals surface area contributed by atoms with Crippen LogP contribution in [0.25, 0.3) is 0 Å². The van der Waals surface area contributed by atoms with Crippen molar-refractivity contribution in [2.45, 2.75) is 25.8 Å². The molecule has 0 bridgehead atoms. The Bertz CT molecular complexity index is 1200. The van der Waals surface area contributed by atoms with Crippen LogP contribution >= 0.6 is 0 Å². The van der Waals surface area contributed by atoms with Crippen LogP contribution in [0.15, 0.2) is 42.7 Å². The zero-order valence-corrected chi connectivity index (χ0v) is 18.4. The number of hydrogen-bond donors (Lipinski definition) is 1. The zero-order valence-electron chi connectivity index (χ0n) is 18.4. The Kier molecular flexibility index (Phi) is 6.53. The maximum atomic E-state index is 14.0. The molecule has 0 saturated carbocycles. The van der Waals surface area contributed by atoms with E-state index < -0.39 is 28.9 Å². The highest BCUT2D eigenvalue weighted by Gasteiger charge is 2.47. The number of likely N-dealkylation sites (tertiary alicyclic amines) is 1. The number of benzene rings is 1. The highest BCUT2D eigenvalue weighted by molar-refractivity contribution is 5.97. The van der Waals surface area contributed by atoms with Gasteiger partial charge in [0.1, 0.15) is 5.82 Å². The monoisotopic (exact) mass is 471 g/mol. The molecular weight excluding hydrogens is 448 g/mol. The largest absolute Gasteiger partial charge is 0.493 e. The molecule has 1 saturated heterocycles. The number of halogens is 2. The number of ether oxygens (including phenoxy) is 1. The number of aromatic nitrogens is 4. The van der Waals surface area contributed by atoms with Crippen LogP contribution in [0.3, 0.4) is 0 Å². The molecule has 0 spiro atoms. The number of methoxy groups -OCH3 is 1. The molecule has 3 aromatic rings. The Morgan fingerprint density at radius 3 is 2.76 bits per heavy atom. The molecule has 1 fully saturated rings. The van der Waals surface area contributed by atoms with Gasteiger partial charge in [-0.2, -0.15) is 0 Å². The van der Waals surface area contributed by atoms with Crippen LogP contribution in [-0.2, 0) is 24.2 Å². The van der Waals surface area contributed by atoms with Gasteiger partial charge in [-0.3, -0.25) is 19.3 Å². The van der Waals surface area contributed by atoms with Crippen molar-refractivity contribution >= 4 is 11.9 Å². The van der Waals surface area contributed by atoms with Gasteiger partial charge in [-0.25, -0.2) is 8.78 Å². The highest BCUT2D eigenvalue weighted by Crippen LogP contribution is 2.36. The topological polar surface area (TPSA) is 110 Å². The minimum absolute atomic E-state index is 0.0599. The van der Waals surface area contributed by atoms with Crippen molar-refractivity contribution in [3.63, 3.8) is 0 Å². The van der Waals surface area contributed by atoms with E-state index in [0.29, 0.717) is 24.7 Å². The second-order valence-corrected chi connectivity index (χ2v) is 8.25. The molecule has 1 aliphatic rings. The van der Waals surface area contributed by atoms with Crippen molar-refractivity contribution in [1.82, 2.24) is 24.9 Å². The summed E-state index contributed by atoms with van der Waals surface area (Å²) < 4.78 is 34.4. The van der Waals surface area contributed by atoms with Crippen LogP contribution in [0.4, 0.5) is 8.78 Å². The smallest absolute Gasteiger partial charge is 0.311 e. The van der Waals surface area contributed by atoms with Crippen molar-refractivity contribution in [1.29, 1.82) is 0 Å². The van der Waals surface area contributed by atoms with E-state index in [1.54, 1.807) is 17.1 Å². The Labute approximate surface area is 194 Å². The molecule has 34 heavy (non-hydrogen) atoms. The van der Waals surface area contributed by atoms with Crippen LogP contribution in [-0.4, -0.2) is 62.1 Å². The molecule has 0 radical (unpaired) electrons. The lowest BCUT2D eigenvalue weighted by Gasteiger charge is -2.24. The maximum absolute atomic E-state index is 14.0. The van der Waals surface area contributed by atoms with E-state index in [4.69, 9.17) is 4.74 Å². The first-order valence-electron chi connectivity index (χ1n) is 10.7. The number of aryl methyl sites for hydroxylation is 2. The minimum atomic E-state index is -1.30. The molecule has 0 aliphatic carbocycles. The standard InChI is InChI=1S/C23H23F2N5O4/c1-34-20-18(10-15(24)11-19(20)25)21(31)29-9-6-23(14-29,22(32)33)12-17-13-30(28-27-17)8-5-16-4-2-3-7-26-16/h2-4,7,10-11,13H,5-6,8-9,12,14H2,1H3,(H,32,33). The van der Waals surface area contributed by atoms with Gasteiger partial charge in [0.05, 0.1) is 23.8 Å². The summed E-state index contributed by atoms with van der Waals surface area (Å²) in [6.45, 7) is 0.503. The quantitative estimate of drug-likeness (QED) is 0.537. The van der Waals surface area contributed by atoms with Crippen LogP contribution in [0.1, 0.15) is 28.2 Å². The van der Waals surface area contributed by atoms with Gasteiger partial charge in [-0.15, -0.1) is 5.10 Å². The van der Waals surface area contributed by atoms with E-state index in [2.05, 4.69) is 15.3 Å². The second-order valence-electron chi connectivity index (χ2n) is 8.25. The van der Waals surface area contributed by atoms with Crippen LogP contribution in [0.5, 0.6) is 5.75 Å². The summed E-state index contributed by atoms with van der Waals surface area (Å²) >= 11 is 0. The van der Waals surface area contributed by atoms with Gasteiger partial charge in [-0.05, 0) is 24.6 Å². The number of carboxylic acids is 1. The fraction of sp³-hybridized carbons (Fsp3) is 0.348. The summed E-state index contributed by atoms with van der Waals surface area (Å²) in [5.41, 5.74) is -0.208. The van der Waals surface area contributed by atoms with Crippen LogP contribution < -0.4 is 4.74 Å². The predicted octanol–water partition coefficient (Wildman–Crippen LogP) is 2.36. The summed E-state index contributed by atoms with van der Waals surface area (Å²) in [7, 11) is 1.18. The summed E-state index contributed by atoms with van der Waals surface area (Å²) in [4.78, 5) is 30.8. The number of carboxylic acid groups (broad SMARTS) is 1. The molecule has 9 nitrogen and oxygen atoms in total. The molecule has 3 heterocycles. The van der Waals surface area contributed by atoms with Crippen LogP contribution in [0.2, 0.25) is 0 Å². The molecule has 4 rings (SSSR count). The summed E-state index contributed by atoms with van der Waals surface area (Å²) in [5, 5.41) is 18.2. The van der Waals surface area contributed by atoms with Gasteiger partial charge in [0.2, 0.25) is 0 Å². The molecule has 1 unspecified atom stereocenters. The maximum Gasteiger partial charge on any atom is 0.311 e. The average Bonchev–Trinajstić information content (AvgIpc) is 3.45. The number of aliphatic carboxylic acids is 1. The van der Waals surface area contributed by atoms with E-state index in [0.717, 1.165) is 11.8 Å². The molecule has 178 valence electrons. The van der Waals surface area contributed by atoms with Crippen molar-refractivity contribution < 1.29 is 28.2 Å². The number of rotatable bonds is 8. The van der Waals surface area contributed by atoms with Crippen molar-refractivity contribution in [3.8, 4) is 5.75 Å². The molecular formula is C23H23F2N5O4. The summed E-state index contributed by atoms with van der Waals surface area (Å²) in [6.07, 6.45) is 4.25. The predicted molar refractivity (Wildman–Crippen MR) is 115 cm³/mol. The third kappa shape index (κ3) is 4.73. The second kappa shape index (κ2) is 9.54. The number of nitrogens with zero attached hydrogens (tertiary/aromatic N) is 5. The Balaban J connectivity index is 1.48. The van der Waals surface area contributed by atoms with Crippen molar-refractivity contribution in [3.05, 3.63) is 71.3 Å². The number of carbonyl (C=O) groups is 2. The SMILES string of the molecule is COc1c(F)cc(F)cc1C(=O)N1CCC(Cc2cn(CCc3ccccn3)nn2)(C(=O)O)C1. The fourth-order valence-corrected chi connectivity index (χ4v) is 4.19. The summed E-state index contributed by atoms with van der Waals surface area (Å²) in [6, 6.07) is 7.14. The Morgan fingerprint density at radius 1 is 1.24 bits per heavy atom. The first-order chi connectivity index (χ1) is 16.3. The van der Waals surface area contributed by atoms with E-state index >= 15 is 0 Å². The highest BCUT2D eigenvalue weighted by atomic mass is 19.1. The lowest BCUT2D eigenvalue weighted by atomic mass is 9.82. The van der Waals surface area contributed by atoms with Gasteiger partial charge in [0.15, 0.2) is 11.6 Å². The van der Waals surface area contributed by atoms with Crippen molar-refractivity contribution in [2.75, 3.05) is 20.2 Å². The van der Waals surface area contributed by atoms with E-state index in [9.17, 15) is 23.5 Å². The molecule has 11 heteroatoms. The third-order valence-electron chi connectivity index (χ3n) is 5.97.